The predicted octanol–water partition coefficient (Wildman–Crippen LogP) is 2.91. The Hall–Kier alpha value is -1.77. The number of benzene rings is 1. The van der Waals surface area contributed by atoms with Crippen molar-refractivity contribution in [2.45, 2.75) is 4.90 Å². The van der Waals surface area contributed by atoms with Crippen molar-refractivity contribution < 1.29 is 23.1 Å². The van der Waals surface area contributed by atoms with Crippen LogP contribution in [0.2, 0.25) is 5.02 Å². The molecule has 0 aliphatic rings. The van der Waals surface area contributed by atoms with E-state index in [0.29, 0.717) is 5.75 Å². The molecule has 0 spiro atoms. The molecule has 1 heterocycles. The number of anilines is 1. The summed E-state index contributed by atoms with van der Waals surface area (Å²) in [7, 11) is -2.47. The highest BCUT2D eigenvalue weighted by Crippen LogP contribution is 2.29. The average molecular weight is 348 g/mol. The van der Waals surface area contributed by atoms with Crippen LogP contribution < -0.4 is 9.46 Å². The third-order valence-electron chi connectivity index (χ3n) is 2.51. The van der Waals surface area contributed by atoms with Crippen LogP contribution in [-0.4, -0.2) is 26.6 Å². The van der Waals surface area contributed by atoms with E-state index in [9.17, 15) is 13.2 Å². The third kappa shape index (κ3) is 3.46. The van der Waals surface area contributed by atoms with E-state index in [1.807, 2.05) is 0 Å². The molecule has 0 saturated carbocycles. The van der Waals surface area contributed by atoms with E-state index in [2.05, 4.69) is 4.72 Å². The summed E-state index contributed by atoms with van der Waals surface area (Å²) in [4.78, 5) is 10.6. The van der Waals surface area contributed by atoms with Gasteiger partial charge in [-0.15, -0.1) is 11.3 Å². The number of methoxy groups -OCH3 is 1. The van der Waals surface area contributed by atoms with Crippen LogP contribution in [0.1, 0.15) is 9.67 Å². The molecule has 0 radical (unpaired) electrons. The molecule has 0 aliphatic heterocycles. The van der Waals surface area contributed by atoms with Gasteiger partial charge in [-0.1, -0.05) is 11.6 Å². The van der Waals surface area contributed by atoms with Crippen LogP contribution in [0.5, 0.6) is 5.75 Å². The van der Waals surface area contributed by atoms with Gasteiger partial charge in [0.05, 0.1) is 22.7 Å². The molecule has 0 unspecified atom stereocenters. The summed E-state index contributed by atoms with van der Waals surface area (Å²) >= 11 is 6.76. The molecule has 6 nitrogen and oxygen atoms in total. The van der Waals surface area contributed by atoms with Crippen molar-refractivity contribution in [1.82, 2.24) is 0 Å². The molecule has 2 N–H and O–H groups in total. The van der Waals surface area contributed by atoms with Crippen LogP contribution in [0, 0.1) is 0 Å². The van der Waals surface area contributed by atoms with Crippen LogP contribution in [0.25, 0.3) is 0 Å². The van der Waals surface area contributed by atoms with Gasteiger partial charge in [0, 0.05) is 11.4 Å². The highest BCUT2D eigenvalue weighted by atomic mass is 35.5. The number of carbonyl (C=O) groups is 1. The maximum Gasteiger partial charge on any atom is 0.345 e. The Kier molecular flexibility index (Phi) is 4.40. The molecule has 2 rings (SSSR count). The Morgan fingerprint density at radius 1 is 1.38 bits per heavy atom. The number of aromatic carboxylic acids is 1. The molecule has 21 heavy (non-hydrogen) atoms. The molecule has 1 aromatic heterocycles. The van der Waals surface area contributed by atoms with E-state index < -0.39 is 16.0 Å². The van der Waals surface area contributed by atoms with Crippen molar-refractivity contribution in [2.24, 2.45) is 0 Å². The fraction of sp³-hybridized carbons (Fsp3) is 0.0833. The number of hydrogen-bond acceptors (Lipinski definition) is 5. The van der Waals surface area contributed by atoms with Gasteiger partial charge in [-0.3, -0.25) is 4.72 Å². The second-order valence-electron chi connectivity index (χ2n) is 3.90. The Labute approximate surface area is 130 Å². The lowest BCUT2D eigenvalue weighted by Gasteiger charge is -2.09. The van der Waals surface area contributed by atoms with Crippen molar-refractivity contribution in [3.63, 3.8) is 0 Å². The number of thiophene rings is 1. The van der Waals surface area contributed by atoms with Gasteiger partial charge in [0.15, 0.2) is 0 Å². The fourth-order valence-electron chi connectivity index (χ4n) is 1.49. The molecule has 1 aromatic carbocycles. The van der Waals surface area contributed by atoms with Crippen molar-refractivity contribution in [3.05, 3.63) is 39.5 Å². The maximum atomic E-state index is 12.2. The zero-order valence-electron chi connectivity index (χ0n) is 10.7. The van der Waals surface area contributed by atoms with E-state index in [-0.39, 0.29) is 20.5 Å². The highest BCUT2D eigenvalue weighted by molar-refractivity contribution is 7.92. The zero-order valence-corrected chi connectivity index (χ0v) is 13.1. The molecule has 0 saturated heterocycles. The highest BCUT2D eigenvalue weighted by Gasteiger charge is 2.20. The van der Waals surface area contributed by atoms with Gasteiger partial charge in [-0.05, 0) is 18.2 Å². The number of carboxylic acid groups (broad SMARTS) is 1. The SMILES string of the molecule is COc1ccc(Cl)c(NS(=O)(=O)c2csc(C(=O)O)c2)c1. The van der Waals surface area contributed by atoms with Crippen LogP contribution >= 0.6 is 22.9 Å². The van der Waals surface area contributed by atoms with E-state index in [0.717, 1.165) is 17.4 Å². The summed E-state index contributed by atoms with van der Waals surface area (Å²) in [6, 6.07) is 5.61. The first kappa shape index (κ1) is 15.6. The number of halogens is 1. The first-order valence-corrected chi connectivity index (χ1v) is 8.26. The van der Waals surface area contributed by atoms with Gasteiger partial charge >= 0.3 is 5.97 Å². The average Bonchev–Trinajstić information content (AvgIpc) is 2.92. The monoisotopic (exact) mass is 347 g/mol. The topological polar surface area (TPSA) is 92.7 Å². The summed E-state index contributed by atoms with van der Waals surface area (Å²) in [6.45, 7) is 0. The Morgan fingerprint density at radius 2 is 2.10 bits per heavy atom. The number of carboxylic acids is 1. The largest absolute Gasteiger partial charge is 0.497 e. The van der Waals surface area contributed by atoms with Crippen molar-refractivity contribution in [2.75, 3.05) is 11.8 Å². The van der Waals surface area contributed by atoms with Crippen LogP contribution in [0.3, 0.4) is 0 Å². The summed E-state index contributed by atoms with van der Waals surface area (Å²) < 4.78 is 31.7. The van der Waals surface area contributed by atoms with E-state index in [1.54, 1.807) is 6.07 Å². The third-order valence-corrected chi connectivity index (χ3v) is 5.26. The molecule has 0 atom stereocenters. The maximum absolute atomic E-state index is 12.2. The number of hydrogen-bond donors (Lipinski definition) is 2. The number of nitrogens with one attached hydrogen (secondary N) is 1. The van der Waals surface area contributed by atoms with Crippen LogP contribution in [-0.2, 0) is 10.0 Å². The first-order chi connectivity index (χ1) is 9.83. The summed E-state index contributed by atoms with van der Waals surface area (Å²) in [5.41, 5.74) is 0.152. The minimum atomic E-state index is -3.92. The van der Waals surface area contributed by atoms with Gasteiger partial charge in [0.25, 0.3) is 10.0 Å². The second kappa shape index (κ2) is 5.92. The first-order valence-electron chi connectivity index (χ1n) is 5.51. The Balaban J connectivity index is 2.34. The molecule has 112 valence electrons. The summed E-state index contributed by atoms with van der Waals surface area (Å²) in [5.74, 6) is -0.741. The molecule has 0 fully saturated rings. The zero-order chi connectivity index (χ0) is 15.6. The Morgan fingerprint density at radius 3 is 2.67 bits per heavy atom. The van der Waals surface area contributed by atoms with Gasteiger partial charge in [-0.2, -0.15) is 0 Å². The summed E-state index contributed by atoms with van der Waals surface area (Å²) in [5, 5.41) is 10.3. The number of sulfonamides is 1. The minimum absolute atomic E-state index is 0.0629. The molecular weight excluding hydrogens is 338 g/mol. The van der Waals surface area contributed by atoms with Crippen LogP contribution in [0.4, 0.5) is 5.69 Å². The second-order valence-corrected chi connectivity index (χ2v) is 6.90. The van der Waals surface area contributed by atoms with E-state index >= 15 is 0 Å². The lowest BCUT2D eigenvalue weighted by molar-refractivity contribution is 0.0702. The van der Waals surface area contributed by atoms with Gasteiger partial charge < -0.3 is 9.84 Å². The molecule has 9 heteroatoms. The quantitative estimate of drug-likeness (QED) is 0.867. The Bertz CT molecular complexity index is 785. The number of ether oxygens (including phenoxy) is 1. The van der Waals surface area contributed by atoms with Crippen molar-refractivity contribution in [3.8, 4) is 5.75 Å². The molecule has 0 aliphatic carbocycles. The van der Waals surface area contributed by atoms with Crippen molar-refractivity contribution >= 4 is 44.6 Å². The lowest BCUT2D eigenvalue weighted by atomic mass is 10.3. The number of rotatable bonds is 5. The summed E-state index contributed by atoms with van der Waals surface area (Å²) in [6.07, 6.45) is 0. The standard InChI is InChI=1S/C12H10ClNO5S2/c1-19-7-2-3-9(13)10(4-7)14-21(17,18)8-5-11(12(15)16)20-6-8/h2-6,14H,1H3,(H,15,16). The molecular formula is C12H10ClNO5S2. The van der Waals surface area contributed by atoms with Gasteiger partial charge in [0.2, 0.25) is 0 Å². The minimum Gasteiger partial charge on any atom is -0.497 e. The normalized spacial score (nSPS) is 11.1. The predicted molar refractivity (Wildman–Crippen MR) is 80.1 cm³/mol. The lowest BCUT2D eigenvalue weighted by Crippen LogP contribution is -2.12. The van der Waals surface area contributed by atoms with Crippen molar-refractivity contribution in [1.29, 1.82) is 0 Å². The molecule has 2 aromatic rings. The van der Waals surface area contributed by atoms with Gasteiger partial charge in [0.1, 0.15) is 10.6 Å². The van der Waals surface area contributed by atoms with E-state index in [4.69, 9.17) is 21.4 Å². The fourth-order valence-corrected chi connectivity index (χ4v) is 3.89. The molecule has 0 bridgehead atoms. The van der Waals surface area contributed by atoms with E-state index in [1.165, 1.54) is 24.6 Å². The smallest absolute Gasteiger partial charge is 0.345 e. The van der Waals surface area contributed by atoms with Gasteiger partial charge in [-0.25, -0.2) is 13.2 Å². The molecule has 0 amide bonds. The van der Waals surface area contributed by atoms with Crippen LogP contribution in [0.15, 0.2) is 34.5 Å².